The van der Waals surface area contributed by atoms with Crippen molar-refractivity contribution in [3.63, 3.8) is 0 Å². The minimum absolute atomic E-state index is 0.0511. The smallest absolute Gasteiger partial charge is 0.263 e. The topological polar surface area (TPSA) is 110 Å². The molecule has 0 bridgehead atoms. The van der Waals surface area contributed by atoms with Crippen molar-refractivity contribution in [2.24, 2.45) is 11.7 Å². The van der Waals surface area contributed by atoms with Crippen LogP contribution in [-0.2, 0) is 12.8 Å². The number of nitrogens with zero attached hydrogens (tertiary/aromatic N) is 3. The lowest BCUT2D eigenvalue weighted by Crippen LogP contribution is -2.39. The number of fused-ring (bicyclic) bond motifs is 2. The van der Waals surface area contributed by atoms with Crippen LogP contribution >= 0.6 is 11.3 Å². The summed E-state index contributed by atoms with van der Waals surface area (Å²) in [5.41, 5.74) is 14.8. The molecule has 7 nitrogen and oxygen atoms in total. The van der Waals surface area contributed by atoms with Crippen molar-refractivity contribution in [3.05, 3.63) is 45.8 Å². The van der Waals surface area contributed by atoms with Crippen molar-refractivity contribution in [2.75, 3.05) is 30.4 Å². The summed E-state index contributed by atoms with van der Waals surface area (Å²) in [6, 6.07) is 5.09. The molecule has 174 valence electrons. The maximum atomic E-state index is 13.9. The van der Waals surface area contributed by atoms with E-state index in [1.165, 1.54) is 17.4 Å². The van der Waals surface area contributed by atoms with Crippen LogP contribution in [0, 0.1) is 18.7 Å². The highest BCUT2D eigenvalue weighted by Crippen LogP contribution is 2.34. The third-order valence-corrected chi connectivity index (χ3v) is 7.77. The van der Waals surface area contributed by atoms with Crippen molar-refractivity contribution in [1.82, 2.24) is 15.3 Å². The molecule has 0 unspecified atom stereocenters. The Morgan fingerprint density at radius 3 is 2.91 bits per heavy atom. The Hall–Kier alpha value is -2.85. The molecule has 3 atom stereocenters. The van der Waals surface area contributed by atoms with E-state index in [2.05, 4.69) is 10.3 Å². The number of hydrogen-bond acceptors (Lipinski definition) is 7. The van der Waals surface area contributed by atoms with E-state index < -0.39 is 12.5 Å². The maximum Gasteiger partial charge on any atom is 0.263 e. The van der Waals surface area contributed by atoms with Gasteiger partial charge in [-0.1, -0.05) is 6.07 Å². The lowest BCUT2D eigenvalue weighted by atomic mass is 9.91. The molecule has 0 aromatic carbocycles. The molecule has 1 amide bonds. The van der Waals surface area contributed by atoms with Gasteiger partial charge in [0.15, 0.2) is 0 Å². The lowest BCUT2D eigenvalue weighted by Gasteiger charge is -2.26. The molecule has 33 heavy (non-hydrogen) atoms. The van der Waals surface area contributed by atoms with Crippen molar-refractivity contribution in [3.8, 4) is 0 Å². The first-order valence-corrected chi connectivity index (χ1v) is 11.9. The zero-order valence-electron chi connectivity index (χ0n) is 18.3. The lowest BCUT2D eigenvalue weighted by molar-refractivity contribution is 0.0938. The second-order valence-corrected chi connectivity index (χ2v) is 9.92. The Morgan fingerprint density at radius 1 is 1.33 bits per heavy atom. The normalized spacial score (nSPS) is 22.5. The number of halogens is 2. The Kier molecular flexibility index (Phi) is 5.65. The van der Waals surface area contributed by atoms with Gasteiger partial charge in [-0.05, 0) is 43.9 Å². The molecule has 5 rings (SSSR count). The summed E-state index contributed by atoms with van der Waals surface area (Å²) in [5.74, 6) is -0.0316. The molecule has 3 aromatic rings. The summed E-state index contributed by atoms with van der Waals surface area (Å²) in [5, 5.41) is 3.54. The van der Waals surface area contributed by atoms with Gasteiger partial charge in [0.1, 0.15) is 21.3 Å². The van der Waals surface area contributed by atoms with Crippen molar-refractivity contribution >= 4 is 39.0 Å². The summed E-state index contributed by atoms with van der Waals surface area (Å²) >= 11 is 1.18. The molecule has 1 aliphatic heterocycles. The number of hydrogen-bond donors (Lipinski definition) is 3. The molecule has 0 spiro atoms. The van der Waals surface area contributed by atoms with E-state index in [4.69, 9.17) is 16.5 Å². The van der Waals surface area contributed by atoms with Gasteiger partial charge in [-0.25, -0.2) is 14.4 Å². The number of thiophene rings is 1. The van der Waals surface area contributed by atoms with E-state index in [-0.39, 0.29) is 35.3 Å². The first-order chi connectivity index (χ1) is 15.8. The Labute approximate surface area is 194 Å². The number of pyridine rings is 2. The van der Waals surface area contributed by atoms with Crippen LogP contribution in [0.3, 0.4) is 0 Å². The third kappa shape index (κ3) is 4.02. The molecular weight excluding hydrogens is 446 g/mol. The van der Waals surface area contributed by atoms with Gasteiger partial charge in [0.25, 0.3) is 5.91 Å². The molecule has 4 heterocycles. The second-order valence-electron chi connectivity index (χ2n) is 8.92. The molecule has 0 saturated carbocycles. The third-order valence-electron chi connectivity index (χ3n) is 6.65. The highest BCUT2D eigenvalue weighted by atomic mass is 32.1. The Morgan fingerprint density at radius 2 is 2.15 bits per heavy atom. The van der Waals surface area contributed by atoms with Gasteiger partial charge in [-0.2, -0.15) is 0 Å². The number of aryl methyl sites for hydroxylation is 2. The van der Waals surface area contributed by atoms with Gasteiger partial charge in [0.2, 0.25) is 0 Å². The molecule has 1 saturated heterocycles. The first-order valence-electron chi connectivity index (χ1n) is 11.0. The fourth-order valence-electron chi connectivity index (χ4n) is 4.67. The SMILES string of the molecule is Cc1nc2sc(C(=O)N[C@H]3CCc4nc(N5C[C@@H](CF)[C@H](N)C5)ccc4C3)c(N)c2cc1F. The Balaban J connectivity index is 1.29. The minimum atomic E-state index is -0.439. The number of nitrogens with one attached hydrogen (secondary N) is 1. The number of carbonyl (C=O) groups is 1. The van der Waals surface area contributed by atoms with Crippen LogP contribution in [0.2, 0.25) is 0 Å². The summed E-state index contributed by atoms with van der Waals surface area (Å²) in [7, 11) is 0. The predicted molar refractivity (Wildman–Crippen MR) is 126 cm³/mol. The van der Waals surface area contributed by atoms with Crippen LogP contribution in [0.4, 0.5) is 20.3 Å². The molecule has 1 aliphatic carbocycles. The van der Waals surface area contributed by atoms with Crippen LogP contribution < -0.4 is 21.7 Å². The summed E-state index contributed by atoms with van der Waals surface area (Å²) in [6.07, 6.45) is 2.14. The number of nitrogen functional groups attached to an aromatic ring is 1. The van der Waals surface area contributed by atoms with Crippen LogP contribution in [0.1, 0.15) is 33.0 Å². The molecule has 10 heteroatoms. The van der Waals surface area contributed by atoms with Crippen LogP contribution in [0.5, 0.6) is 0 Å². The van der Waals surface area contributed by atoms with Gasteiger partial charge in [0, 0.05) is 42.2 Å². The van der Waals surface area contributed by atoms with E-state index in [0.717, 1.165) is 29.9 Å². The first kappa shape index (κ1) is 22.0. The van der Waals surface area contributed by atoms with E-state index in [0.29, 0.717) is 34.6 Å². The van der Waals surface area contributed by atoms with Crippen molar-refractivity contribution in [1.29, 1.82) is 0 Å². The number of aromatic nitrogens is 2. The zero-order chi connectivity index (χ0) is 23.3. The summed E-state index contributed by atoms with van der Waals surface area (Å²) < 4.78 is 27.0. The molecule has 1 fully saturated rings. The van der Waals surface area contributed by atoms with E-state index in [1.807, 2.05) is 17.0 Å². The van der Waals surface area contributed by atoms with Gasteiger partial charge < -0.3 is 21.7 Å². The standard InChI is InChI=1S/C23H26F2N6OS/c1-11-16(25)7-15-20(27)21(33-23(15)28-11)22(32)29-14-3-4-18-12(6-14)2-5-19(30-18)31-9-13(8-24)17(26)10-31/h2,5,7,13-14,17H,3-4,6,8-10,26-27H2,1H3,(H,29,32)/t13-,14+,17-/m1/s1. The van der Waals surface area contributed by atoms with E-state index in [1.54, 1.807) is 6.92 Å². The predicted octanol–water partition coefficient (Wildman–Crippen LogP) is 2.74. The zero-order valence-corrected chi connectivity index (χ0v) is 19.1. The largest absolute Gasteiger partial charge is 0.397 e. The number of anilines is 2. The van der Waals surface area contributed by atoms with Crippen molar-refractivity contribution < 1.29 is 13.6 Å². The number of alkyl halides is 1. The van der Waals surface area contributed by atoms with Gasteiger partial charge in [-0.15, -0.1) is 11.3 Å². The maximum absolute atomic E-state index is 13.9. The van der Waals surface area contributed by atoms with Gasteiger partial charge in [-0.3, -0.25) is 9.18 Å². The number of rotatable bonds is 4. The fourth-order valence-corrected chi connectivity index (χ4v) is 5.70. The Bertz CT molecular complexity index is 1230. The monoisotopic (exact) mass is 472 g/mol. The molecular formula is C23H26F2N6OS. The number of carbonyl (C=O) groups excluding carboxylic acids is 1. The molecule has 5 N–H and O–H groups in total. The number of nitrogens with two attached hydrogens (primary N) is 2. The van der Waals surface area contributed by atoms with Gasteiger partial charge >= 0.3 is 0 Å². The number of amides is 1. The molecule has 3 aromatic heterocycles. The van der Waals surface area contributed by atoms with E-state index in [9.17, 15) is 13.6 Å². The average molecular weight is 473 g/mol. The van der Waals surface area contributed by atoms with Crippen LogP contribution in [0.15, 0.2) is 18.2 Å². The fraction of sp³-hybridized carbons (Fsp3) is 0.435. The second kappa shape index (κ2) is 8.49. The highest BCUT2D eigenvalue weighted by molar-refractivity contribution is 7.21. The van der Waals surface area contributed by atoms with Gasteiger partial charge in [0.05, 0.1) is 18.1 Å². The molecule has 2 aliphatic rings. The summed E-state index contributed by atoms with van der Waals surface area (Å²) in [6.45, 7) is 2.35. The van der Waals surface area contributed by atoms with Crippen molar-refractivity contribution in [2.45, 2.75) is 38.3 Å². The highest BCUT2D eigenvalue weighted by Gasteiger charge is 2.32. The average Bonchev–Trinajstić information content (AvgIpc) is 3.33. The quantitative estimate of drug-likeness (QED) is 0.539. The van der Waals surface area contributed by atoms with Crippen LogP contribution in [0.25, 0.3) is 10.2 Å². The van der Waals surface area contributed by atoms with Crippen LogP contribution in [-0.4, -0.2) is 47.7 Å². The summed E-state index contributed by atoms with van der Waals surface area (Å²) in [4.78, 5) is 24.9. The molecule has 0 radical (unpaired) electrons. The van der Waals surface area contributed by atoms with E-state index >= 15 is 0 Å². The minimum Gasteiger partial charge on any atom is -0.397 e.